The Hall–Kier alpha value is -0.600. The van der Waals surface area contributed by atoms with Crippen LogP contribution in [-0.2, 0) is 0 Å². The van der Waals surface area contributed by atoms with Gasteiger partial charge < -0.3 is 10.2 Å². The molecule has 0 saturated carbocycles. The molecule has 0 aromatic heterocycles. The monoisotopic (exact) mass is 142 g/mol. The number of aliphatic hydroxyl groups excluding tert-OH is 2. The zero-order valence-corrected chi connectivity index (χ0v) is 6.25. The summed E-state index contributed by atoms with van der Waals surface area (Å²) >= 11 is 0. The first-order valence-corrected chi connectivity index (χ1v) is 3.22. The van der Waals surface area contributed by atoms with Crippen LogP contribution in [0.5, 0.6) is 0 Å². The summed E-state index contributed by atoms with van der Waals surface area (Å²) in [6.45, 7) is 8.63. The Balaban J connectivity index is 3.80. The lowest BCUT2D eigenvalue weighted by Gasteiger charge is -2.15. The van der Waals surface area contributed by atoms with Gasteiger partial charge in [0, 0.05) is 0 Å². The molecule has 0 fully saturated rings. The second-order valence-electron chi connectivity index (χ2n) is 2.38. The van der Waals surface area contributed by atoms with Crippen molar-refractivity contribution in [1.82, 2.24) is 0 Å². The van der Waals surface area contributed by atoms with E-state index in [0.717, 1.165) is 0 Å². The fourth-order valence-corrected chi connectivity index (χ4v) is 0.628. The van der Waals surface area contributed by atoms with Crippen molar-refractivity contribution in [1.29, 1.82) is 0 Å². The second-order valence-corrected chi connectivity index (χ2v) is 2.38. The number of aliphatic hydroxyl groups is 2. The molecule has 0 aliphatic rings. The third kappa shape index (κ3) is 2.80. The van der Waals surface area contributed by atoms with E-state index in [-0.39, 0.29) is 0 Å². The number of hydrogen-bond donors (Lipinski definition) is 2. The maximum absolute atomic E-state index is 9.13. The first-order valence-electron chi connectivity index (χ1n) is 3.22. The molecule has 0 rings (SSSR count). The van der Waals surface area contributed by atoms with Crippen molar-refractivity contribution < 1.29 is 10.2 Å². The highest BCUT2D eigenvalue weighted by Gasteiger charge is 2.14. The number of rotatable bonds is 4. The maximum Gasteiger partial charge on any atom is 0.101 e. The minimum atomic E-state index is -0.821. The summed E-state index contributed by atoms with van der Waals surface area (Å²) in [4.78, 5) is 0. The summed E-state index contributed by atoms with van der Waals surface area (Å²) < 4.78 is 0. The Morgan fingerprint density at radius 3 is 2.40 bits per heavy atom. The minimum Gasteiger partial charge on any atom is -0.390 e. The standard InChI is InChI=1S/C8H14O2/c1-4-5-7(9)8(10)6(2)3/h4,7-10H,1-2,5H2,3H3/t7-,8-/m1/s1. The van der Waals surface area contributed by atoms with E-state index in [9.17, 15) is 0 Å². The van der Waals surface area contributed by atoms with Crippen molar-refractivity contribution in [3.05, 3.63) is 24.8 Å². The molecule has 10 heavy (non-hydrogen) atoms. The molecule has 0 saturated heterocycles. The Bertz CT molecular complexity index is 129. The van der Waals surface area contributed by atoms with Crippen LogP contribution in [0.25, 0.3) is 0 Å². The summed E-state index contributed by atoms with van der Waals surface area (Å²) in [5.41, 5.74) is 0.578. The maximum atomic E-state index is 9.13. The van der Waals surface area contributed by atoms with Crippen molar-refractivity contribution in [2.45, 2.75) is 25.6 Å². The van der Waals surface area contributed by atoms with Crippen molar-refractivity contribution in [3.63, 3.8) is 0 Å². The largest absolute Gasteiger partial charge is 0.390 e. The van der Waals surface area contributed by atoms with Gasteiger partial charge in [-0.15, -0.1) is 6.58 Å². The lowest BCUT2D eigenvalue weighted by Crippen LogP contribution is -2.25. The Morgan fingerprint density at radius 2 is 2.10 bits per heavy atom. The lowest BCUT2D eigenvalue weighted by atomic mass is 10.1. The zero-order valence-electron chi connectivity index (χ0n) is 6.25. The van der Waals surface area contributed by atoms with Gasteiger partial charge in [0.2, 0.25) is 0 Å². The van der Waals surface area contributed by atoms with E-state index in [1.807, 2.05) is 0 Å². The van der Waals surface area contributed by atoms with Gasteiger partial charge in [-0.1, -0.05) is 12.7 Å². The van der Waals surface area contributed by atoms with E-state index < -0.39 is 12.2 Å². The Labute approximate surface area is 61.5 Å². The fourth-order valence-electron chi connectivity index (χ4n) is 0.628. The molecule has 58 valence electrons. The van der Waals surface area contributed by atoms with Crippen LogP contribution < -0.4 is 0 Å². The second kappa shape index (κ2) is 4.25. The summed E-state index contributed by atoms with van der Waals surface area (Å²) in [5, 5.41) is 18.2. The number of hydrogen-bond acceptors (Lipinski definition) is 2. The van der Waals surface area contributed by atoms with Crippen molar-refractivity contribution in [2.24, 2.45) is 0 Å². The third-order valence-electron chi connectivity index (χ3n) is 1.28. The van der Waals surface area contributed by atoms with Crippen molar-refractivity contribution in [2.75, 3.05) is 0 Å². The molecule has 0 amide bonds. The lowest BCUT2D eigenvalue weighted by molar-refractivity contribution is 0.0445. The summed E-state index contributed by atoms with van der Waals surface area (Å²) in [5.74, 6) is 0. The molecule has 2 nitrogen and oxygen atoms in total. The van der Waals surface area contributed by atoms with E-state index in [2.05, 4.69) is 13.2 Å². The molecule has 2 atom stereocenters. The van der Waals surface area contributed by atoms with Crippen LogP contribution in [0, 0.1) is 0 Å². The molecular formula is C8H14O2. The SMILES string of the molecule is C=CC[C@@H](O)[C@H](O)C(=C)C. The molecular weight excluding hydrogens is 128 g/mol. The quantitative estimate of drug-likeness (QED) is 0.571. The van der Waals surface area contributed by atoms with Crippen LogP contribution in [0.1, 0.15) is 13.3 Å². The highest BCUT2D eigenvalue weighted by molar-refractivity contribution is 5.01. The van der Waals surface area contributed by atoms with Crippen LogP contribution in [-0.4, -0.2) is 22.4 Å². The molecule has 0 unspecified atom stereocenters. The zero-order chi connectivity index (χ0) is 8.15. The fraction of sp³-hybridized carbons (Fsp3) is 0.500. The smallest absolute Gasteiger partial charge is 0.101 e. The predicted octanol–water partition coefficient (Wildman–Crippen LogP) is 0.860. The van der Waals surface area contributed by atoms with E-state index in [4.69, 9.17) is 10.2 Å². The van der Waals surface area contributed by atoms with Gasteiger partial charge in [-0.3, -0.25) is 0 Å². The molecule has 0 aromatic rings. The van der Waals surface area contributed by atoms with E-state index >= 15 is 0 Å². The molecule has 0 bridgehead atoms. The van der Waals surface area contributed by atoms with Crippen molar-refractivity contribution in [3.8, 4) is 0 Å². The van der Waals surface area contributed by atoms with Crippen LogP contribution in [0.4, 0.5) is 0 Å². The Kier molecular flexibility index (Phi) is 4.00. The topological polar surface area (TPSA) is 40.5 Å². The molecule has 0 radical (unpaired) electrons. The molecule has 0 aliphatic heterocycles. The van der Waals surface area contributed by atoms with Gasteiger partial charge in [-0.05, 0) is 18.9 Å². The predicted molar refractivity (Wildman–Crippen MR) is 41.6 cm³/mol. The van der Waals surface area contributed by atoms with Crippen LogP contribution in [0.15, 0.2) is 24.8 Å². The molecule has 0 aromatic carbocycles. The first kappa shape index (κ1) is 9.40. The van der Waals surface area contributed by atoms with Gasteiger partial charge in [-0.25, -0.2) is 0 Å². The first-order chi connectivity index (χ1) is 4.59. The van der Waals surface area contributed by atoms with Crippen molar-refractivity contribution >= 4 is 0 Å². The normalized spacial score (nSPS) is 15.9. The summed E-state index contributed by atoms with van der Waals surface area (Å²) in [6, 6.07) is 0. The molecule has 0 aliphatic carbocycles. The van der Waals surface area contributed by atoms with Gasteiger partial charge in [0.25, 0.3) is 0 Å². The average molecular weight is 142 g/mol. The van der Waals surface area contributed by atoms with Gasteiger partial charge in [0.1, 0.15) is 6.10 Å². The van der Waals surface area contributed by atoms with Crippen LogP contribution in [0.3, 0.4) is 0 Å². The highest BCUT2D eigenvalue weighted by Crippen LogP contribution is 2.06. The molecule has 2 heteroatoms. The van der Waals surface area contributed by atoms with Crippen LogP contribution >= 0.6 is 0 Å². The highest BCUT2D eigenvalue weighted by atomic mass is 16.3. The van der Waals surface area contributed by atoms with E-state index in [1.54, 1.807) is 13.0 Å². The average Bonchev–Trinajstić information content (AvgIpc) is 1.87. The third-order valence-corrected chi connectivity index (χ3v) is 1.28. The minimum absolute atomic E-state index is 0.397. The van der Waals surface area contributed by atoms with Gasteiger partial charge in [0.15, 0.2) is 0 Å². The van der Waals surface area contributed by atoms with Gasteiger partial charge in [0.05, 0.1) is 6.10 Å². The van der Waals surface area contributed by atoms with E-state index in [1.165, 1.54) is 0 Å². The molecule has 2 N–H and O–H groups in total. The molecule has 0 spiro atoms. The summed E-state index contributed by atoms with van der Waals surface area (Å²) in [6.07, 6.45) is 0.387. The van der Waals surface area contributed by atoms with Crippen LogP contribution in [0.2, 0.25) is 0 Å². The van der Waals surface area contributed by atoms with Gasteiger partial charge >= 0.3 is 0 Å². The summed E-state index contributed by atoms with van der Waals surface area (Å²) in [7, 11) is 0. The molecule has 0 heterocycles. The van der Waals surface area contributed by atoms with E-state index in [0.29, 0.717) is 12.0 Å². The Morgan fingerprint density at radius 1 is 1.60 bits per heavy atom. The van der Waals surface area contributed by atoms with Gasteiger partial charge in [-0.2, -0.15) is 0 Å².